The average Bonchev–Trinajstić information content (AvgIpc) is 2.80. The van der Waals surface area contributed by atoms with E-state index in [0.29, 0.717) is 10.9 Å². The van der Waals surface area contributed by atoms with Crippen molar-refractivity contribution in [2.24, 2.45) is 0 Å². The second kappa shape index (κ2) is 5.70. The molecule has 0 amide bonds. The molecule has 3 aromatic rings. The Morgan fingerprint density at radius 1 is 1.05 bits per heavy atom. The highest BCUT2D eigenvalue weighted by Crippen LogP contribution is 2.26. The number of imidazole rings is 1. The number of aryl methyl sites for hydroxylation is 3. The molecular formula is C17H16Cl2N2. The highest BCUT2D eigenvalue weighted by atomic mass is 35.5. The predicted octanol–water partition coefficient (Wildman–Crippen LogP) is 5.08. The van der Waals surface area contributed by atoms with Gasteiger partial charge in [0.2, 0.25) is 0 Å². The van der Waals surface area contributed by atoms with Gasteiger partial charge in [-0.15, -0.1) is 11.6 Å². The summed E-state index contributed by atoms with van der Waals surface area (Å²) in [4.78, 5) is 4.69. The lowest BCUT2D eigenvalue weighted by Gasteiger charge is -2.11. The van der Waals surface area contributed by atoms with Crippen LogP contribution >= 0.6 is 23.2 Å². The Hall–Kier alpha value is -1.51. The van der Waals surface area contributed by atoms with E-state index in [9.17, 15) is 0 Å². The van der Waals surface area contributed by atoms with E-state index in [1.807, 2.05) is 18.2 Å². The first-order chi connectivity index (χ1) is 10.1. The van der Waals surface area contributed by atoms with Crippen LogP contribution in [0.15, 0.2) is 36.4 Å². The number of rotatable bonds is 3. The minimum absolute atomic E-state index is 0.544. The molecule has 2 nitrogen and oxygen atoms in total. The molecule has 1 heterocycles. The van der Waals surface area contributed by atoms with Gasteiger partial charge in [0.15, 0.2) is 0 Å². The van der Waals surface area contributed by atoms with E-state index in [4.69, 9.17) is 28.2 Å². The smallest absolute Gasteiger partial charge is 0.115 e. The van der Waals surface area contributed by atoms with Gasteiger partial charge in [-0.05, 0) is 55.3 Å². The zero-order valence-electron chi connectivity index (χ0n) is 12.0. The zero-order chi connectivity index (χ0) is 15.0. The molecule has 0 saturated heterocycles. The van der Waals surface area contributed by atoms with Crippen LogP contribution in [0.5, 0.6) is 0 Å². The molecule has 0 bridgehead atoms. The van der Waals surface area contributed by atoms with Gasteiger partial charge in [0.25, 0.3) is 0 Å². The lowest BCUT2D eigenvalue weighted by Crippen LogP contribution is -2.02. The predicted molar refractivity (Wildman–Crippen MR) is 90.0 cm³/mol. The summed E-state index contributed by atoms with van der Waals surface area (Å²) in [6.45, 7) is 4.23. The molecule has 4 heteroatoms. The summed E-state index contributed by atoms with van der Waals surface area (Å²) in [5, 5.41) is 0.713. The number of halogens is 2. The maximum Gasteiger partial charge on any atom is 0.115 e. The molecule has 0 fully saturated rings. The lowest BCUT2D eigenvalue weighted by atomic mass is 10.1. The molecule has 3 rings (SSSR count). The van der Waals surface area contributed by atoms with Crippen molar-refractivity contribution in [3.63, 3.8) is 0 Å². The van der Waals surface area contributed by atoms with Crippen molar-refractivity contribution in [3.8, 4) is 5.69 Å². The van der Waals surface area contributed by atoms with Crippen molar-refractivity contribution in [1.29, 1.82) is 0 Å². The van der Waals surface area contributed by atoms with Crippen LogP contribution in [0.2, 0.25) is 5.02 Å². The SMILES string of the molecule is Cc1ccc(-n2c(CCCl)nc3ccc(Cl)cc32)cc1C. The van der Waals surface area contributed by atoms with E-state index < -0.39 is 0 Å². The van der Waals surface area contributed by atoms with E-state index in [1.54, 1.807) is 0 Å². The van der Waals surface area contributed by atoms with Crippen LogP contribution in [0.1, 0.15) is 17.0 Å². The van der Waals surface area contributed by atoms with Crippen molar-refractivity contribution in [2.45, 2.75) is 20.3 Å². The van der Waals surface area contributed by atoms with Gasteiger partial charge in [0.1, 0.15) is 5.82 Å². The normalized spacial score (nSPS) is 11.2. The first kappa shape index (κ1) is 14.4. The van der Waals surface area contributed by atoms with Crippen LogP contribution in [0.4, 0.5) is 0 Å². The third kappa shape index (κ3) is 2.66. The van der Waals surface area contributed by atoms with Crippen LogP contribution in [-0.2, 0) is 6.42 Å². The second-order valence-electron chi connectivity index (χ2n) is 5.20. The summed E-state index contributed by atoms with van der Waals surface area (Å²) in [5.41, 5.74) is 5.60. The largest absolute Gasteiger partial charge is 0.296 e. The van der Waals surface area contributed by atoms with Gasteiger partial charge in [-0.1, -0.05) is 17.7 Å². The first-order valence-electron chi connectivity index (χ1n) is 6.90. The van der Waals surface area contributed by atoms with Crippen molar-refractivity contribution >= 4 is 34.2 Å². The Kier molecular flexibility index (Phi) is 3.92. The summed E-state index contributed by atoms with van der Waals surface area (Å²) in [6.07, 6.45) is 0.723. The first-order valence-corrected chi connectivity index (χ1v) is 7.82. The molecule has 108 valence electrons. The van der Waals surface area contributed by atoms with Gasteiger partial charge in [0, 0.05) is 23.0 Å². The Morgan fingerprint density at radius 2 is 1.86 bits per heavy atom. The van der Waals surface area contributed by atoms with E-state index in [0.717, 1.165) is 29.0 Å². The van der Waals surface area contributed by atoms with Crippen LogP contribution in [-0.4, -0.2) is 15.4 Å². The number of fused-ring (bicyclic) bond motifs is 1. The molecule has 0 spiro atoms. The highest BCUT2D eigenvalue weighted by molar-refractivity contribution is 6.31. The summed E-state index contributed by atoms with van der Waals surface area (Å²) in [5.74, 6) is 1.51. The number of hydrogen-bond acceptors (Lipinski definition) is 1. The molecule has 0 aliphatic carbocycles. The van der Waals surface area contributed by atoms with Gasteiger partial charge < -0.3 is 0 Å². The molecule has 0 N–H and O–H groups in total. The fourth-order valence-electron chi connectivity index (χ4n) is 2.50. The summed E-state index contributed by atoms with van der Waals surface area (Å²) >= 11 is 12.1. The summed E-state index contributed by atoms with van der Waals surface area (Å²) in [6, 6.07) is 12.2. The summed E-state index contributed by atoms with van der Waals surface area (Å²) in [7, 11) is 0. The van der Waals surface area contributed by atoms with Crippen LogP contribution in [0.25, 0.3) is 16.7 Å². The maximum atomic E-state index is 6.15. The van der Waals surface area contributed by atoms with E-state index in [1.165, 1.54) is 11.1 Å². The monoisotopic (exact) mass is 318 g/mol. The van der Waals surface area contributed by atoms with Crippen LogP contribution in [0, 0.1) is 13.8 Å². The molecule has 1 aromatic heterocycles. The molecular weight excluding hydrogens is 303 g/mol. The third-order valence-corrected chi connectivity index (χ3v) is 4.18. The van der Waals surface area contributed by atoms with Crippen LogP contribution < -0.4 is 0 Å². The van der Waals surface area contributed by atoms with Crippen molar-refractivity contribution in [3.05, 3.63) is 58.4 Å². The third-order valence-electron chi connectivity index (χ3n) is 3.75. The Labute approximate surface area is 134 Å². The van der Waals surface area contributed by atoms with Crippen molar-refractivity contribution in [1.82, 2.24) is 9.55 Å². The van der Waals surface area contributed by atoms with Gasteiger partial charge in [-0.3, -0.25) is 4.57 Å². The minimum Gasteiger partial charge on any atom is -0.296 e. The van der Waals surface area contributed by atoms with Gasteiger partial charge >= 0.3 is 0 Å². The lowest BCUT2D eigenvalue weighted by molar-refractivity contribution is 0.911. The number of alkyl halides is 1. The number of aromatic nitrogens is 2. The van der Waals surface area contributed by atoms with Crippen molar-refractivity contribution < 1.29 is 0 Å². The fourth-order valence-corrected chi connectivity index (χ4v) is 2.84. The van der Waals surface area contributed by atoms with Crippen molar-refractivity contribution in [2.75, 3.05) is 5.88 Å². The van der Waals surface area contributed by atoms with E-state index in [-0.39, 0.29) is 0 Å². The Bertz CT molecular complexity index is 806. The average molecular weight is 319 g/mol. The summed E-state index contributed by atoms with van der Waals surface area (Å²) < 4.78 is 2.15. The molecule has 0 unspecified atom stereocenters. The van der Waals surface area contributed by atoms with E-state index in [2.05, 4.69) is 36.6 Å². The maximum absolute atomic E-state index is 6.15. The molecule has 0 aliphatic rings. The Balaban J connectivity index is 2.29. The number of nitrogens with zero attached hydrogens (tertiary/aromatic N) is 2. The molecule has 0 aliphatic heterocycles. The second-order valence-corrected chi connectivity index (χ2v) is 6.02. The quantitative estimate of drug-likeness (QED) is 0.616. The van der Waals surface area contributed by atoms with E-state index >= 15 is 0 Å². The zero-order valence-corrected chi connectivity index (χ0v) is 13.5. The molecule has 21 heavy (non-hydrogen) atoms. The topological polar surface area (TPSA) is 17.8 Å². The van der Waals surface area contributed by atoms with Gasteiger partial charge in [-0.25, -0.2) is 4.98 Å². The number of benzene rings is 2. The van der Waals surface area contributed by atoms with Gasteiger partial charge in [-0.2, -0.15) is 0 Å². The highest BCUT2D eigenvalue weighted by Gasteiger charge is 2.13. The van der Waals surface area contributed by atoms with Gasteiger partial charge in [0.05, 0.1) is 11.0 Å². The Morgan fingerprint density at radius 3 is 2.57 bits per heavy atom. The molecule has 0 atom stereocenters. The van der Waals surface area contributed by atoms with Crippen LogP contribution in [0.3, 0.4) is 0 Å². The molecule has 0 saturated carbocycles. The standard InChI is InChI=1S/C17H16Cl2N2/c1-11-3-5-14(9-12(11)2)21-16-10-13(19)4-6-15(16)20-17(21)7-8-18/h3-6,9-10H,7-8H2,1-2H3. The molecule has 2 aromatic carbocycles. The number of hydrogen-bond donors (Lipinski definition) is 0. The minimum atomic E-state index is 0.544. The fraction of sp³-hybridized carbons (Fsp3) is 0.235. The molecule has 0 radical (unpaired) electrons.